The first-order valence-electron chi connectivity index (χ1n) is 6.11. The predicted octanol–water partition coefficient (Wildman–Crippen LogP) is 0.694. The second-order valence-electron chi connectivity index (χ2n) is 4.88. The van der Waals surface area contributed by atoms with E-state index in [1.807, 2.05) is 6.92 Å². The molecule has 0 radical (unpaired) electrons. The van der Waals surface area contributed by atoms with Crippen molar-refractivity contribution in [3.63, 3.8) is 0 Å². The Labute approximate surface area is 100 Å². The van der Waals surface area contributed by atoms with E-state index in [0.717, 1.165) is 18.2 Å². The molecule has 1 aliphatic rings. The first kappa shape index (κ1) is 12.1. The molecule has 0 amide bonds. The SMILES string of the molecule is CC(CO)Cn1ncc(NCC2CC2)cc1=O. The summed E-state index contributed by atoms with van der Waals surface area (Å²) in [6.07, 6.45) is 4.24. The highest BCUT2D eigenvalue weighted by atomic mass is 16.3. The lowest BCUT2D eigenvalue weighted by Crippen LogP contribution is -2.26. The fourth-order valence-electron chi connectivity index (χ4n) is 1.60. The highest BCUT2D eigenvalue weighted by Gasteiger charge is 2.20. The van der Waals surface area contributed by atoms with E-state index in [1.165, 1.54) is 17.5 Å². The Morgan fingerprint density at radius 1 is 1.65 bits per heavy atom. The number of hydrogen-bond donors (Lipinski definition) is 2. The van der Waals surface area contributed by atoms with Crippen molar-refractivity contribution in [2.24, 2.45) is 11.8 Å². The molecule has 5 nitrogen and oxygen atoms in total. The molecule has 0 aliphatic heterocycles. The Bertz CT molecular complexity index is 426. The molecule has 2 rings (SSSR count). The molecule has 1 fully saturated rings. The number of anilines is 1. The number of aromatic nitrogens is 2. The number of nitrogens with zero attached hydrogens (tertiary/aromatic N) is 2. The fourth-order valence-corrected chi connectivity index (χ4v) is 1.60. The van der Waals surface area contributed by atoms with Crippen LogP contribution in [-0.4, -0.2) is 28.0 Å². The van der Waals surface area contributed by atoms with Crippen molar-refractivity contribution in [2.45, 2.75) is 26.3 Å². The largest absolute Gasteiger partial charge is 0.396 e. The first-order valence-corrected chi connectivity index (χ1v) is 6.11. The summed E-state index contributed by atoms with van der Waals surface area (Å²) in [7, 11) is 0. The fraction of sp³-hybridized carbons (Fsp3) is 0.667. The second kappa shape index (κ2) is 5.31. The maximum Gasteiger partial charge on any atom is 0.268 e. The van der Waals surface area contributed by atoms with Crippen LogP contribution in [-0.2, 0) is 6.54 Å². The van der Waals surface area contributed by atoms with E-state index in [0.29, 0.717) is 6.54 Å². The highest BCUT2D eigenvalue weighted by molar-refractivity contribution is 5.38. The van der Waals surface area contributed by atoms with Crippen molar-refractivity contribution in [1.82, 2.24) is 9.78 Å². The normalized spacial score (nSPS) is 16.8. The quantitative estimate of drug-likeness (QED) is 0.764. The second-order valence-corrected chi connectivity index (χ2v) is 4.88. The Kier molecular flexibility index (Phi) is 3.78. The van der Waals surface area contributed by atoms with Crippen molar-refractivity contribution in [3.8, 4) is 0 Å². The third-order valence-electron chi connectivity index (χ3n) is 2.96. The molecule has 17 heavy (non-hydrogen) atoms. The van der Waals surface area contributed by atoms with E-state index in [2.05, 4.69) is 10.4 Å². The maximum absolute atomic E-state index is 11.7. The van der Waals surface area contributed by atoms with Crippen molar-refractivity contribution in [3.05, 3.63) is 22.6 Å². The molecule has 1 atom stereocenters. The zero-order valence-corrected chi connectivity index (χ0v) is 10.1. The van der Waals surface area contributed by atoms with Gasteiger partial charge in [0.25, 0.3) is 5.56 Å². The van der Waals surface area contributed by atoms with Gasteiger partial charge in [-0.15, -0.1) is 0 Å². The molecule has 2 N–H and O–H groups in total. The molecule has 1 aromatic heterocycles. The summed E-state index contributed by atoms with van der Waals surface area (Å²) in [6, 6.07) is 1.57. The van der Waals surface area contributed by atoms with E-state index in [9.17, 15) is 4.79 Å². The van der Waals surface area contributed by atoms with Gasteiger partial charge in [0.15, 0.2) is 0 Å². The molecule has 0 spiro atoms. The topological polar surface area (TPSA) is 67.2 Å². The number of nitrogens with one attached hydrogen (secondary N) is 1. The van der Waals surface area contributed by atoms with Crippen LogP contribution in [0.1, 0.15) is 19.8 Å². The molecular weight excluding hydrogens is 218 g/mol. The van der Waals surface area contributed by atoms with Gasteiger partial charge in [-0.25, -0.2) is 4.68 Å². The average molecular weight is 237 g/mol. The van der Waals surface area contributed by atoms with Crippen molar-refractivity contribution in [2.75, 3.05) is 18.5 Å². The highest BCUT2D eigenvalue weighted by Crippen LogP contribution is 2.28. The summed E-state index contributed by atoms with van der Waals surface area (Å²) < 4.78 is 1.39. The van der Waals surface area contributed by atoms with Crippen molar-refractivity contribution < 1.29 is 5.11 Å². The van der Waals surface area contributed by atoms with Crippen LogP contribution in [0.4, 0.5) is 5.69 Å². The molecule has 1 unspecified atom stereocenters. The van der Waals surface area contributed by atoms with Gasteiger partial charge in [-0.05, 0) is 24.7 Å². The summed E-state index contributed by atoms with van der Waals surface area (Å²) in [5, 5.41) is 16.3. The average Bonchev–Trinajstić information content (AvgIpc) is 3.13. The standard InChI is InChI=1S/C12H19N3O2/c1-9(8-16)7-15-12(17)4-11(6-14-15)13-5-10-2-3-10/h4,6,9-10,13,16H,2-3,5,7-8H2,1H3. The van der Waals surface area contributed by atoms with Crippen LogP contribution in [0.15, 0.2) is 17.1 Å². The first-order chi connectivity index (χ1) is 8.19. The molecule has 1 aromatic rings. The summed E-state index contributed by atoms with van der Waals surface area (Å²) in [4.78, 5) is 11.7. The van der Waals surface area contributed by atoms with Crippen LogP contribution < -0.4 is 10.9 Å². The Morgan fingerprint density at radius 3 is 3.00 bits per heavy atom. The minimum absolute atomic E-state index is 0.0467. The Hall–Kier alpha value is -1.36. The lowest BCUT2D eigenvalue weighted by molar-refractivity contribution is 0.217. The number of aliphatic hydroxyl groups is 1. The summed E-state index contributed by atoms with van der Waals surface area (Å²) >= 11 is 0. The van der Waals surface area contributed by atoms with Gasteiger partial charge in [0, 0.05) is 25.8 Å². The van der Waals surface area contributed by atoms with Crippen LogP contribution in [0.5, 0.6) is 0 Å². The molecule has 0 aromatic carbocycles. The zero-order chi connectivity index (χ0) is 12.3. The molecule has 5 heteroatoms. The molecule has 0 bridgehead atoms. The van der Waals surface area contributed by atoms with Crippen LogP contribution in [0.25, 0.3) is 0 Å². The molecule has 1 heterocycles. The van der Waals surface area contributed by atoms with Crippen molar-refractivity contribution >= 4 is 5.69 Å². The monoisotopic (exact) mass is 237 g/mol. The van der Waals surface area contributed by atoms with Gasteiger partial charge in [-0.1, -0.05) is 6.92 Å². The van der Waals surface area contributed by atoms with Crippen LogP contribution in [0, 0.1) is 11.8 Å². The van der Waals surface area contributed by atoms with Gasteiger partial charge in [-0.3, -0.25) is 4.79 Å². The summed E-state index contributed by atoms with van der Waals surface area (Å²) in [6.45, 7) is 3.33. The van der Waals surface area contributed by atoms with Crippen molar-refractivity contribution in [1.29, 1.82) is 0 Å². The van der Waals surface area contributed by atoms with Gasteiger partial charge in [0.05, 0.1) is 11.9 Å². The van der Waals surface area contributed by atoms with Gasteiger partial charge < -0.3 is 10.4 Å². The van der Waals surface area contributed by atoms with E-state index in [4.69, 9.17) is 5.11 Å². The summed E-state index contributed by atoms with van der Waals surface area (Å²) in [5.41, 5.74) is 0.667. The Morgan fingerprint density at radius 2 is 2.41 bits per heavy atom. The number of rotatable bonds is 6. The smallest absolute Gasteiger partial charge is 0.268 e. The lowest BCUT2D eigenvalue weighted by Gasteiger charge is -2.10. The number of hydrogen-bond acceptors (Lipinski definition) is 4. The van der Waals surface area contributed by atoms with E-state index in [-0.39, 0.29) is 18.1 Å². The lowest BCUT2D eigenvalue weighted by atomic mass is 10.2. The molecule has 1 aliphatic carbocycles. The van der Waals surface area contributed by atoms with Gasteiger partial charge >= 0.3 is 0 Å². The van der Waals surface area contributed by atoms with Gasteiger partial charge in [0.1, 0.15) is 0 Å². The molecule has 0 saturated heterocycles. The molecule has 94 valence electrons. The molecular formula is C12H19N3O2. The van der Waals surface area contributed by atoms with Crippen LogP contribution in [0.3, 0.4) is 0 Å². The number of aliphatic hydroxyl groups excluding tert-OH is 1. The van der Waals surface area contributed by atoms with Gasteiger partial charge in [-0.2, -0.15) is 5.10 Å². The van der Waals surface area contributed by atoms with Gasteiger partial charge in [0.2, 0.25) is 0 Å². The van der Waals surface area contributed by atoms with E-state index >= 15 is 0 Å². The minimum atomic E-state index is -0.119. The van der Waals surface area contributed by atoms with E-state index < -0.39 is 0 Å². The predicted molar refractivity (Wildman–Crippen MR) is 66.0 cm³/mol. The van der Waals surface area contributed by atoms with Crippen LogP contribution in [0.2, 0.25) is 0 Å². The van der Waals surface area contributed by atoms with Crippen LogP contribution >= 0.6 is 0 Å². The molecule has 1 saturated carbocycles. The van der Waals surface area contributed by atoms with E-state index in [1.54, 1.807) is 12.3 Å². The Balaban J connectivity index is 1.97. The zero-order valence-electron chi connectivity index (χ0n) is 10.1. The minimum Gasteiger partial charge on any atom is -0.396 e. The summed E-state index contributed by atoms with van der Waals surface area (Å²) in [5.74, 6) is 0.817. The maximum atomic E-state index is 11.7. The third-order valence-corrected chi connectivity index (χ3v) is 2.96. The third kappa shape index (κ3) is 3.56.